The third kappa shape index (κ3) is 7.81. The van der Waals surface area contributed by atoms with Crippen LogP contribution in [-0.2, 0) is 11.3 Å². The molecule has 0 aliphatic rings. The quantitative estimate of drug-likeness (QED) is 0.347. The van der Waals surface area contributed by atoms with Gasteiger partial charge in [0.2, 0.25) is 0 Å². The van der Waals surface area contributed by atoms with Crippen LogP contribution in [-0.4, -0.2) is 37.9 Å². The molecule has 6 heteroatoms. The van der Waals surface area contributed by atoms with Gasteiger partial charge in [-0.05, 0) is 39.0 Å². The fourth-order valence-corrected chi connectivity index (χ4v) is 2.56. The first-order valence-corrected chi connectivity index (χ1v) is 9.21. The highest BCUT2D eigenvalue weighted by Crippen LogP contribution is 2.22. The van der Waals surface area contributed by atoms with Crippen molar-refractivity contribution in [3.05, 3.63) is 17.5 Å². The number of methoxy groups -OCH3 is 1. The molecule has 24 heavy (non-hydrogen) atoms. The van der Waals surface area contributed by atoms with Crippen molar-refractivity contribution in [2.24, 2.45) is 4.99 Å². The number of guanidine groups is 1. The van der Waals surface area contributed by atoms with Crippen molar-refractivity contribution in [2.45, 2.75) is 65.3 Å². The molecule has 0 aromatic carbocycles. The molecular weight excluding hydrogens is 304 g/mol. The summed E-state index contributed by atoms with van der Waals surface area (Å²) in [6, 6.07) is 2.04. The Labute approximate surface area is 146 Å². The smallest absolute Gasteiger partial charge is 0.191 e. The molecule has 138 valence electrons. The van der Waals surface area contributed by atoms with Gasteiger partial charge in [-0.15, -0.1) is 0 Å². The summed E-state index contributed by atoms with van der Waals surface area (Å²) in [6.45, 7) is 9.51. The summed E-state index contributed by atoms with van der Waals surface area (Å²) in [6.07, 6.45) is 5.52. The van der Waals surface area contributed by atoms with Gasteiger partial charge in [0.25, 0.3) is 0 Å². The van der Waals surface area contributed by atoms with Crippen LogP contribution in [0.15, 0.2) is 15.6 Å². The Morgan fingerprint density at radius 1 is 1.21 bits per heavy atom. The van der Waals surface area contributed by atoms with E-state index in [9.17, 15) is 0 Å². The van der Waals surface area contributed by atoms with E-state index in [4.69, 9.17) is 9.26 Å². The molecule has 6 nitrogen and oxygen atoms in total. The highest BCUT2D eigenvalue weighted by Gasteiger charge is 2.12. The zero-order valence-corrected chi connectivity index (χ0v) is 15.7. The number of aromatic nitrogens is 1. The summed E-state index contributed by atoms with van der Waals surface area (Å²) in [4.78, 5) is 4.58. The minimum absolute atomic E-state index is 0.477. The maximum absolute atomic E-state index is 5.42. The number of hydrogen-bond acceptors (Lipinski definition) is 4. The topological polar surface area (TPSA) is 71.7 Å². The number of nitrogens with one attached hydrogen (secondary N) is 2. The number of nitrogens with zero attached hydrogens (tertiary/aromatic N) is 2. The fraction of sp³-hybridized carbons (Fsp3) is 0.778. The van der Waals surface area contributed by atoms with Crippen LogP contribution < -0.4 is 10.6 Å². The van der Waals surface area contributed by atoms with Gasteiger partial charge < -0.3 is 19.9 Å². The number of unbranched alkanes of at least 4 members (excludes halogenated alkanes) is 2. The van der Waals surface area contributed by atoms with Gasteiger partial charge in [0.15, 0.2) is 11.7 Å². The van der Waals surface area contributed by atoms with Gasteiger partial charge in [-0.25, -0.2) is 4.99 Å². The Morgan fingerprint density at radius 2 is 2.00 bits per heavy atom. The number of ether oxygens (including phenoxy) is 1. The van der Waals surface area contributed by atoms with E-state index in [0.29, 0.717) is 12.5 Å². The van der Waals surface area contributed by atoms with Gasteiger partial charge in [-0.2, -0.15) is 0 Å². The number of hydrogen-bond donors (Lipinski definition) is 2. The van der Waals surface area contributed by atoms with Gasteiger partial charge in [-0.1, -0.05) is 19.0 Å². The monoisotopic (exact) mass is 338 g/mol. The molecule has 0 radical (unpaired) electrons. The second kappa shape index (κ2) is 12.8. The lowest BCUT2D eigenvalue weighted by Crippen LogP contribution is -2.37. The highest BCUT2D eigenvalue weighted by molar-refractivity contribution is 5.79. The predicted molar refractivity (Wildman–Crippen MR) is 98.4 cm³/mol. The first kappa shape index (κ1) is 20.5. The van der Waals surface area contributed by atoms with E-state index >= 15 is 0 Å². The van der Waals surface area contributed by atoms with E-state index in [0.717, 1.165) is 69.2 Å². The Morgan fingerprint density at radius 3 is 2.67 bits per heavy atom. The van der Waals surface area contributed by atoms with E-state index < -0.39 is 0 Å². The van der Waals surface area contributed by atoms with Gasteiger partial charge in [0.05, 0.1) is 5.69 Å². The largest absolute Gasteiger partial charge is 0.385 e. The standard InChI is InChI=1S/C18H34N4O2/c1-5-15(6-2)17-13-16(24-22-17)14-21-18(19-7-3)20-11-9-8-10-12-23-4/h13,15H,5-12,14H2,1-4H3,(H2,19,20,21). The Kier molecular flexibility index (Phi) is 10.9. The molecule has 1 rings (SSSR count). The van der Waals surface area contributed by atoms with Gasteiger partial charge in [0.1, 0.15) is 6.54 Å². The summed E-state index contributed by atoms with van der Waals surface area (Å²) in [5.74, 6) is 2.11. The van der Waals surface area contributed by atoms with Crippen molar-refractivity contribution in [3.8, 4) is 0 Å². The second-order valence-electron chi connectivity index (χ2n) is 5.91. The maximum atomic E-state index is 5.42. The van der Waals surface area contributed by atoms with Crippen LogP contribution in [0.2, 0.25) is 0 Å². The lowest BCUT2D eigenvalue weighted by atomic mass is 9.99. The van der Waals surface area contributed by atoms with Gasteiger partial charge in [-0.3, -0.25) is 0 Å². The van der Waals surface area contributed by atoms with Crippen molar-refractivity contribution in [3.63, 3.8) is 0 Å². The van der Waals surface area contributed by atoms with E-state index in [2.05, 4.69) is 41.6 Å². The maximum Gasteiger partial charge on any atom is 0.191 e. The van der Waals surface area contributed by atoms with Crippen molar-refractivity contribution in [1.82, 2.24) is 15.8 Å². The predicted octanol–water partition coefficient (Wildman–Crippen LogP) is 3.45. The first-order valence-electron chi connectivity index (χ1n) is 9.21. The summed E-state index contributed by atoms with van der Waals surface area (Å²) in [5, 5.41) is 10.8. The van der Waals surface area contributed by atoms with Crippen molar-refractivity contribution >= 4 is 5.96 Å². The summed E-state index contributed by atoms with van der Waals surface area (Å²) in [5.41, 5.74) is 1.04. The lowest BCUT2D eigenvalue weighted by molar-refractivity contribution is 0.192. The van der Waals surface area contributed by atoms with Crippen LogP contribution >= 0.6 is 0 Å². The molecule has 0 aliphatic carbocycles. The first-order chi connectivity index (χ1) is 11.7. The SMILES string of the molecule is CCNC(=NCc1cc(C(CC)CC)no1)NCCCCCOC. The summed E-state index contributed by atoms with van der Waals surface area (Å²) in [7, 11) is 1.74. The molecule has 0 fully saturated rings. The molecule has 0 atom stereocenters. The Bertz CT molecular complexity index is 456. The number of rotatable bonds is 12. The minimum atomic E-state index is 0.477. The summed E-state index contributed by atoms with van der Waals surface area (Å²) >= 11 is 0. The molecule has 2 N–H and O–H groups in total. The van der Waals surface area contributed by atoms with Gasteiger partial charge in [0, 0.05) is 38.8 Å². The van der Waals surface area contributed by atoms with Crippen LogP contribution in [0, 0.1) is 0 Å². The Hall–Kier alpha value is -1.56. The van der Waals surface area contributed by atoms with Crippen LogP contribution in [0.3, 0.4) is 0 Å². The minimum Gasteiger partial charge on any atom is -0.385 e. The fourth-order valence-electron chi connectivity index (χ4n) is 2.56. The van der Waals surface area contributed by atoms with Crippen LogP contribution in [0.25, 0.3) is 0 Å². The molecule has 0 saturated carbocycles. The molecule has 0 amide bonds. The molecule has 1 aromatic heterocycles. The third-order valence-electron chi connectivity index (χ3n) is 4.04. The number of aliphatic imine (C=N–C) groups is 1. The normalized spacial score (nSPS) is 12.0. The summed E-state index contributed by atoms with van der Waals surface area (Å²) < 4.78 is 10.5. The average molecular weight is 338 g/mol. The van der Waals surface area contributed by atoms with Crippen molar-refractivity contribution < 1.29 is 9.26 Å². The zero-order valence-electron chi connectivity index (χ0n) is 15.7. The van der Waals surface area contributed by atoms with E-state index in [1.54, 1.807) is 7.11 Å². The third-order valence-corrected chi connectivity index (χ3v) is 4.04. The molecule has 0 saturated heterocycles. The molecule has 0 bridgehead atoms. The van der Waals surface area contributed by atoms with E-state index in [1.165, 1.54) is 0 Å². The van der Waals surface area contributed by atoms with Crippen LogP contribution in [0.5, 0.6) is 0 Å². The molecule has 0 unspecified atom stereocenters. The molecular formula is C18H34N4O2. The zero-order chi connectivity index (χ0) is 17.6. The van der Waals surface area contributed by atoms with Crippen molar-refractivity contribution in [2.75, 3.05) is 26.8 Å². The highest BCUT2D eigenvalue weighted by atomic mass is 16.5. The van der Waals surface area contributed by atoms with Crippen LogP contribution in [0.1, 0.15) is 70.2 Å². The molecule has 1 heterocycles. The van der Waals surface area contributed by atoms with E-state index in [1.807, 2.05) is 6.07 Å². The van der Waals surface area contributed by atoms with Gasteiger partial charge >= 0.3 is 0 Å². The van der Waals surface area contributed by atoms with E-state index in [-0.39, 0.29) is 0 Å². The Balaban J connectivity index is 2.44. The molecule has 1 aromatic rings. The molecule has 0 spiro atoms. The second-order valence-corrected chi connectivity index (χ2v) is 5.91. The average Bonchev–Trinajstić information content (AvgIpc) is 3.05. The van der Waals surface area contributed by atoms with Crippen molar-refractivity contribution in [1.29, 1.82) is 0 Å². The van der Waals surface area contributed by atoms with Crippen LogP contribution in [0.4, 0.5) is 0 Å². The lowest BCUT2D eigenvalue weighted by Gasteiger charge is -2.10. The molecule has 0 aliphatic heterocycles.